The predicted molar refractivity (Wildman–Crippen MR) is 81.6 cm³/mol. The van der Waals surface area contributed by atoms with Crippen molar-refractivity contribution < 1.29 is 19.4 Å². The summed E-state index contributed by atoms with van der Waals surface area (Å²) in [5.41, 5.74) is 0.417. The van der Waals surface area contributed by atoms with E-state index in [4.69, 9.17) is 14.7 Å². The van der Waals surface area contributed by atoms with E-state index >= 15 is 0 Å². The zero-order valence-electron chi connectivity index (χ0n) is 13.0. The summed E-state index contributed by atoms with van der Waals surface area (Å²) in [6.45, 7) is 3.20. The second-order valence-corrected chi connectivity index (χ2v) is 4.88. The monoisotopic (exact) mass is 306 g/mol. The zero-order chi connectivity index (χ0) is 16.4. The molecule has 0 saturated carbocycles. The van der Waals surface area contributed by atoms with E-state index in [0.717, 1.165) is 0 Å². The van der Waals surface area contributed by atoms with Crippen LogP contribution in [0.4, 0.5) is 0 Å². The Morgan fingerprint density at radius 3 is 2.95 bits per heavy atom. The van der Waals surface area contributed by atoms with Gasteiger partial charge in [0.2, 0.25) is 0 Å². The lowest BCUT2D eigenvalue weighted by molar-refractivity contribution is 0.0525. The van der Waals surface area contributed by atoms with E-state index in [-0.39, 0.29) is 6.61 Å². The molecule has 0 amide bonds. The topological polar surface area (TPSA) is 82.8 Å². The fourth-order valence-corrected chi connectivity index (χ4v) is 1.86. The summed E-state index contributed by atoms with van der Waals surface area (Å²) in [6, 6.07) is 8.71. The number of hydrogen-bond donors (Lipinski definition) is 1. The summed E-state index contributed by atoms with van der Waals surface area (Å²) in [4.78, 5) is 13.5. The molecule has 120 valence electrons. The van der Waals surface area contributed by atoms with Crippen LogP contribution in [0.25, 0.3) is 0 Å². The van der Waals surface area contributed by atoms with Crippen LogP contribution in [-0.2, 0) is 4.74 Å². The Morgan fingerprint density at radius 2 is 2.27 bits per heavy atom. The third kappa shape index (κ3) is 6.57. The van der Waals surface area contributed by atoms with E-state index in [2.05, 4.69) is 6.07 Å². The predicted octanol–water partition coefficient (Wildman–Crippen LogP) is 1.45. The number of benzene rings is 1. The molecule has 0 saturated heterocycles. The number of ether oxygens (including phenoxy) is 2. The van der Waals surface area contributed by atoms with Gasteiger partial charge in [0.25, 0.3) is 0 Å². The van der Waals surface area contributed by atoms with Crippen LogP contribution < -0.4 is 4.74 Å². The molecule has 0 bridgehead atoms. The molecular formula is C16H22N2O4. The number of nitrogens with zero attached hydrogens (tertiary/aromatic N) is 2. The lowest BCUT2D eigenvalue weighted by Gasteiger charge is -2.19. The number of likely N-dealkylation sites (N-methyl/N-ethyl adjacent to an activating group) is 1. The van der Waals surface area contributed by atoms with E-state index in [1.807, 2.05) is 11.9 Å². The highest BCUT2D eigenvalue weighted by molar-refractivity contribution is 5.89. The van der Waals surface area contributed by atoms with Crippen LogP contribution in [0.5, 0.6) is 5.75 Å². The van der Waals surface area contributed by atoms with Gasteiger partial charge >= 0.3 is 5.97 Å². The van der Waals surface area contributed by atoms with E-state index < -0.39 is 12.1 Å². The van der Waals surface area contributed by atoms with Gasteiger partial charge in [0.1, 0.15) is 18.5 Å². The molecule has 1 atom stereocenters. The molecule has 1 N–H and O–H groups in total. The minimum Gasteiger partial charge on any atom is -0.491 e. The van der Waals surface area contributed by atoms with Crippen LogP contribution in [0.2, 0.25) is 0 Å². The number of nitriles is 1. The van der Waals surface area contributed by atoms with E-state index in [0.29, 0.717) is 37.4 Å². The summed E-state index contributed by atoms with van der Waals surface area (Å²) in [5.74, 6) is 0.106. The highest BCUT2D eigenvalue weighted by Gasteiger charge is 2.11. The van der Waals surface area contributed by atoms with Gasteiger partial charge in [-0.3, -0.25) is 0 Å². The van der Waals surface area contributed by atoms with Gasteiger partial charge in [0.15, 0.2) is 0 Å². The molecule has 0 spiro atoms. The minimum atomic E-state index is -0.671. The number of carbonyl (C=O) groups is 1. The van der Waals surface area contributed by atoms with Gasteiger partial charge in [-0.25, -0.2) is 4.79 Å². The molecule has 22 heavy (non-hydrogen) atoms. The zero-order valence-corrected chi connectivity index (χ0v) is 13.0. The van der Waals surface area contributed by atoms with E-state index in [1.165, 1.54) is 0 Å². The maximum absolute atomic E-state index is 11.6. The van der Waals surface area contributed by atoms with Gasteiger partial charge in [-0.1, -0.05) is 6.07 Å². The summed E-state index contributed by atoms with van der Waals surface area (Å²) in [6.07, 6.45) is -0.249. The van der Waals surface area contributed by atoms with Crippen LogP contribution in [-0.4, -0.2) is 55.4 Å². The average Bonchev–Trinajstić information content (AvgIpc) is 2.51. The standard InChI is InChI=1S/C16H22N2O4/c1-3-21-16(20)13-6-4-7-15(10-13)22-12-14(19)11-18(2)9-5-8-17/h4,6-7,10,14,19H,3,5,9,11-12H2,1-2H3. The summed E-state index contributed by atoms with van der Waals surface area (Å²) in [5, 5.41) is 18.4. The molecule has 6 heteroatoms. The first-order valence-electron chi connectivity index (χ1n) is 7.20. The number of aliphatic hydroxyl groups is 1. The largest absolute Gasteiger partial charge is 0.491 e. The Hall–Kier alpha value is -2.10. The van der Waals surface area contributed by atoms with Crippen molar-refractivity contribution in [3.63, 3.8) is 0 Å². The van der Waals surface area contributed by atoms with Crippen molar-refractivity contribution in [2.75, 3.05) is 33.4 Å². The van der Waals surface area contributed by atoms with Crippen molar-refractivity contribution in [3.8, 4) is 11.8 Å². The van der Waals surface area contributed by atoms with Crippen LogP contribution in [0.15, 0.2) is 24.3 Å². The molecule has 0 aliphatic heterocycles. The number of hydrogen-bond acceptors (Lipinski definition) is 6. The third-order valence-corrected chi connectivity index (χ3v) is 2.92. The van der Waals surface area contributed by atoms with E-state index in [1.54, 1.807) is 31.2 Å². The van der Waals surface area contributed by atoms with Gasteiger partial charge in [-0.05, 0) is 32.2 Å². The van der Waals surface area contributed by atoms with Crippen molar-refractivity contribution in [3.05, 3.63) is 29.8 Å². The molecule has 6 nitrogen and oxygen atoms in total. The van der Waals surface area contributed by atoms with Crippen LogP contribution >= 0.6 is 0 Å². The molecule has 1 rings (SSSR count). The molecular weight excluding hydrogens is 284 g/mol. The maximum atomic E-state index is 11.6. The fraction of sp³-hybridized carbons (Fsp3) is 0.500. The molecule has 0 aliphatic rings. The molecule has 1 aromatic rings. The molecule has 0 radical (unpaired) electrons. The second-order valence-electron chi connectivity index (χ2n) is 4.88. The fourth-order valence-electron chi connectivity index (χ4n) is 1.86. The van der Waals surface area contributed by atoms with Crippen molar-refractivity contribution in [2.45, 2.75) is 19.4 Å². The Bertz CT molecular complexity index is 513. The lowest BCUT2D eigenvalue weighted by atomic mass is 10.2. The first-order chi connectivity index (χ1) is 10.6. The van der Waals surface area contributed by atoms with Crippen LogP contribution in [0.3, 0.4) is 0 Å². The lowest BCUT2D eigenvalue weighted by Crippen LogP contribution is -2.33. The van der Waals surface area contributed by atoms with Crippen molar-refractivity contribution in [2.24, 2.45) is 0 Å². The molecule has 0 aromatic heterocycles. The summed E-state index contributed by atoms with van der Waals surface area (Å²) in [7, 11) is 1.84. The molecule has 0 aliphatic carbocycles. The SMILES string of the molecule is CCOC(=O)c1cccc(OCC(O)CN(C)CCC#N)c1. The second kappa shape index (κ2) is 9.77. The first kappa shape index (κ1) is 18.0. The summed E-state index contributed by atoms with van der Waals surface area (Å²) >= 11 is 0. The Morgan fingerprint density at radius 1 is 1.50 bits per heavy atom. The summed E-state index contributed by atoms with van der Waals surface area (Å²) < 4.78 is 10.4. The van der Waals surface area contributed by atoms with Gasteiger partial charge in [-0.2, -0.15) is 5.26 Å². The quantitative estimate of drug-likeness (QED) is 0.695. The normalized spacial score (nSPS) is 11.8. The molecule has 1 unspecified atom stereocenters. The Kier molecular flexibility index (Phi) is 7.97. The van der Waals surface area contributed by atoms with Gasteiger partial charge in [0.05, 0.1) is 18.2 Å². The number of rotatable bonds is 9. The smallest absolute Gasteiger partial charge is 0.338 e. The van der Waals surface area contributed by atoms with Crippen molar-refractivity contribution in [1.82, 2.24) is 4.90 Å². The highest BCUT2D eigenvalue weighted by Crippen LogP contribution is 2.14. The number of esters is 1. The van der Waals surface area contributed by atoms with Gasteiger partial charge < -0.3 is 19.5 Å². The maximum Gasteiger partial charge on any atom is 0.338 e. The van der Waals surface area contributed by atoms with E-state index in [9.17, 15) is 9.90 Å². The minimum absolute atomic E-state index is 0.114. The van der Waals surface area contributed by atoms with Crippen molar-refractivity contribution in [1.29, 1.82) is 5.26 Å². The average molecular weight is 306 g/mol. The Labute approximate surface area is 130 Å². The van der Waals surface area contributed by atoms with Crippen LogP contribution in [0, 0.1) is 11.3 Å². The Balaban J connectivity index is 2.45. The molecule has 0 fully saturated rings. The third-order valence-electron chi connectivity index (χ3n) is 2.92. The molecule has 0 heterocycles. The highest BCUT2D eigenvalue weighted by atomic mass is 16.5. The van der Waals surface area contributed by atoms with Crippen molar-refractivity contribution >= 4 is 5.97 Å². The van der Waals surface area contributed by atoms with Crippen LogP contribution in [0.1, 0.15) is 23.7 Å². The van der Waals surface area contributed by atoms with Gasteiger partial charge in [0, 0.05) is 19.5 Å². The van der Waals surface area contributed by atoms with Gasteiger partial charge in [-0.15, -0.1) is 0 Å². The number of carbonyl (C=O) groups excluding carboxylic acids is 1. The number of aliphatic hydroxyl groups excluding tert-OH is 1. The first-order valence-corrected chi connectivity index (χ1v) is 7.20. The molecule has 1 aromatic carbocycles.